The summed E-state index contributed by atoms with van der Waals surface area (Å²) >= 11 is 1.76. The largest absolute Gasteiger partial charge is 0.496 e. The molecule has 2 atom stereocenters. The Labute approximate surface area is 173 Å². The molecule has 1 aromatic rings. The minimum absolute atomic E-state index is 0.0244. The van der Waals surface area contributed by atoms with Crippen LogP contribution in [0.1, 0.15) is 63.2 Å². The van der Waals surface area contributed by atoms with Crippen LogP contribution in [-0.4, -0.2) is 37.6 Å². The van der Waals surface area contributed by atoms with Crippen LogP contribution in [0.4, 0.5) is 0 Å². The van der Waals surface area contributed by atoms with Crippen LogP contribution in [0.5, 0.6) is 5.75 Å². The number of nitrogens with one attached hydrogen (secondary N) is 1. The van der Waals surface area contributed by atoms with Crippen LogP contribution < -0.4 is 10.1 Å². The fourth-order valence-corrected chi connectivity index (χ4v) is 6.45. The number of allylic oxidation sites excluding steroid dienone is 1. The molecule has 3 aliphatic rings. The second kappa shape index (κ2) is 8.29. The first kappa shape index (κ1) is 20.1. The van der Waals surface area contributed by atoms with Gasteiger partial charge in [0.25, 0.3) is 0 Å². The third-order valence-corrected chi connectivity index (χ3v) is 8.30. The number of rotatable bonds is 7. The Hall–Kier alpha value is -1.17. The fourth-order valence-electron chi connectivity index (χ4n) is 5.64. The summed E-state index contributed by atoms with van der Waals surface area (Å²) in [4.78, 5) is 6.33. The number of ether oxygens (including phenoxy) is 2. The minimum Gasteiger partial charge on any atom is -0.496 e. The molecule has 0 amide bonds. The highest BCUT2D eigenvalue weighted by Crippen LogP contribution is 2.56. The summed E-state index contributed by atoms with van der Waals surface area (Å²) < 4.78 is 11.9. The number of dihydropyridines is 1. The number of thiophene rings is 1. The first-order valence-electron chi connectivity index (χ1n) is 10.8. The molecule has 0 aromatic carbocycles. The molecule has 0 radical (unpaired) electrons. The summed E-state index contributed by atoms with van der Waals surface area (Å²) in [6, 6.07) is 2.05. The van der Waals surface area contributed by atoms with E-state index >= 15 is 0 Å². The van der Waals surface area contributed by atoms with Gasteiger partial charge in [0.2, 0.25) is 0 Å². The quantitative estimate of drug-likeness (QED) is 0.643. The number of hydrogen-bond donors (Lipinski definition) is 1. The molecule has 154 valence electrons. The summed E-state index contributed by atoms with van der Waals surface area (Å²) in [5, 5.41) is 5.79. The standard InChI is InChI=1S/C23H34N2O2S/c1-21(8-5-6-13-25-21)22(12-15-27-23(18-22)9-3-4-10-23)11-14-24-17-20-19(26-2)7-16-28-20/h5-7,13,16,24H,3-4,8-12,14-15,17-18H2,1-2H3/t21?,22-/m1/s1. The second-order valence-corrected chi connectivity index (χ2v) is 9.97. The summed E-state index contributed by atoms with van der Waals surface area (Å²) in [7, 11) is 1.75. The molecule has 3 heterocycles. The van der Waals surface area contributed by atoms with E-state index in [1.54, 1.807) is 18.4 Å². The van der Waals surface area contributed by atoms with Gasteiger partial charge in [-0.05, 0) is 69.5 Å². The van der Waals surface area contributed by atoms with Gasteiger partial charge in [0, 0.05) is 24.8 Å². The third kappa shape index (κ3) is 3.81. The Balaban J connectivity index is 1.47. The zero-order valence-electron chi connectivity index (χ0n) is 17.3. The van der Waals surface area contributed by atoms with Gasteiger partial charge < -0.3 is 14.8 Å². The smallest absolute Gasteiger partial charge is 0.134 e. The van der Waals surface area contributed by atoms with E-state index in [1.165, 1.54) is 30.6 Å². The van der Waals surface area contributed by atoms with Gasteiger partial charge in [0.1, 0.15) is 5.75 Å². The molecule has 1 saturated carbocycles. The lowest BCUT2D eigenvalue weighted by atomic mass is 9.58. The van der Waals surface area contributed by atoms with Gasteiger partial charge in [-0.2, -0.15) is 0 Å². The van der Waals surface area contributed by atoms with Gasteiger partial charge in [-0.1, -0.05) is 18.9 Å². The van der Waals surface area contributed by atoms with Crippen molar-refractivity contribution in [1.29, 1.82) is 0 Å². The van der Waals surface area contributed by atoms with Gasteiger partial charge >= 0.3 is 0 Å². The Morgan fingerprint density at radius 3 is 2.89 bits per heavy atom. The number of nitrogens with zero attached hydrogens (tertiary/aromatic N) is 1. The lowest BCUT2D eigenvalue weighted by Gasteiger charge is -2.54. The van der Waals surface area contributed by atoms with Gasteiger partial charge in [-0.25, -0.2) is 0 Å². The first-order valence-corrected chi connectivity index (χ1v) is 11.6. The van der Waals surface area contributed by atoms with Crippen molar-refractivity contribution in [2.24, 2.45) is 10.4 Å². The molecule has 0 bridgehead atoms. The van der Waals surface area contributed by atoms with E-state index in [0.717, 1.165) is 51.1 Å². The van der Waals surface area contributed by atoms with Gasteiger partial charge in [0.15, 0.2) is 0 Å². The van der Waals surface area contributed by atoms with Crippen LogP contribution in [0.3, 0.4) is 0 Å². The number of methoxy groups -OCH3 is 1. The molecule has 4 rings (SSSR count). The minimum atomic E-state index is -0.0244. The first-order chi connectivity index (χ1) is 13.6. The molecule has 1 spiro atoms. The summed E-state index contributed by atoms with van der Waals surface area (Å²) in [5.41, 5.74) is 0.279. The molecule has 4 nitrogen and oxygen atoms in total. The summed E-state index contributed by atoms with van der Waals surface area (Å²) in [5.74, 6) is 0.997. The average Bonchev–Trinajstić information content (AvgIpc) is 3.35. The van der Waals surface area contributed by atoms with E-state index in [0.29, 0.717) is 0 Å². The SMILES string of the molecule is COc1ccsc1CNCC[C@@]1(C2(C)CC=CC=N2)CCOC2(CCCC2)C1. The molecule has 28 heavy (non-hydrogen) atoms. The van der Waals surface area contributed by atoms with Crippen molar-refractivity contribution in [3.8, 4) is 5.75 Å². The second-order valence-electron chi connectivity index (χ2n) is 8.97. The van der Waals surface area contributed by atoms with Crippen LogP contribution >= 0.6 is 11.3 Å². The van der Waals surface area contributed by atoms with Crippen molar-refractivity contribution < 1.29 is 9.47 Å². The van der Waals surface area contributed by atoms with E-state index in [-0.39, 0.29) is 16.6 Å². The van der Waals surface area contributed by atoms with Gasteiger partial charge in [0.05, 0.1) is 23.1 Å². The van der Waals surface area contributed by atoms with Crippen LogP contribution in [-0.2, 0) is 11.3 Å². The van der Waals surface area contributed by atoms with Crippen molar-refractivity contribution in [2.45, 2.75) is 76.0 Å². The van der Waals surface area contributed by atoms with Crippen LogP contribution in [0.25, 0.3) is 0 Å². The predicted molar refractivity (Wildman–Crippen MR) is 117 cm³/mol. The van der Waals surface area contributed by atoms with Crippen LogP contribution in [0.2, 0.25) is 0 Å². The highest BCUT2D eigenvalue weighted by molar-refractivity contribution is 7.10. The maximum Gasteiger partial charge on any atom is 0.134 e. The summed E-state index contributed by atoms with van der Waals surface area (Å²) in [6.07, 6.45) is 16.0. The van der Waals surface area contributed by atoms with E-state index in [4.69, 9.17) is 14.5 Å². The van der Waals surface area contributed by atoms with E-state index < -0.39 is 0 Å². The normalized spacial score (nSPS) is 31.5. The van der Waals surface area contributed by atoms with Gasteiger partial charge in [-0.15, -0.1) is 11.3 Å². The highest BCUT2D eigenvalue weighted by Gasteiger charge is 2.55. The zero-order chi connectivity index (χ0) is 19.5. The van der Waals surface area contributed by atoms with Crippen LogP contribution in [0, 0.1) is 5.41 Å². The molecule has 1 saturated heterocycles. The van der Waals surface area contributed by atoms with E-state index in [1.807, 2.05) is 6.21 Å². The molecule has 1 N–H and O–H groups in total. The van der Waals surface area contributed by atoms with Crippen molar-refractivity contribution in [3.63, 3.8) is 0 Å². The molecule has 1 aliphatic carbocycles. The molecule has 1 aromatic heterocycles. The average molecular weight is 403 g/mol. The number of hydrogen-bond acceptors (Lipinski definition) is 5. The maximum absolute atomic E-state index is 6.41. The molecular weight excluding hydrogens is 368 g/mol. The Kier molecular flexibility index (Phi) is 5.96. The predicted octanol–water partition coefficient (Wildman–Crippen LogP) is 5.14. The van der Waals surface area contributed by atoms with Gasteiger partial charge in [-0.3, -0.25) is 4.99 Å². The topological polar surface area (TPSA) is 42.8 Å². The highest BCUT2D eigenvalue weighted by atomic mass is 32.1. The Morgan fingerprint density at radius 1 is 1.29 bits per heavy atom. The van der Waals surface area contributed by atoms with Crippen LogP contribution in [0.15, 0.2) is 28.6 Å². The molecule has 2 fully saturated rings. The maximum atomic E-state index is 6.41. The third-order valence-electron chi connectivity index (χ3n) is 7.39. The number of aliphatic imine (C=N–C) groups is 1. The van der Waals surface area contributed by atoms with E-state index in [9.17, 15) is 0 Å². The van der Waals surface area contributed by atoms with Crippen molar-refractivity contribution in [3.05, 3.63) is 28.5 Å². The summed E-state index contributed by atoms with van der Waals surface area (Å²) in [6.45, 7) is 5.14. The Bertz CT molecular complexity index is 722. The molecule has 2 aliphatic heterocycles. The monoisotopic (exact) mass is 402 g/mol. The zero-order valence-corrected chi connectivity index (χ0v) is 18.2. The van der Waals surface area contributed by atoms with E-state index in [2.05, 4.69) is 35.8 Å². The molecule has 1 unspecified atom stereocenters. The Morgan fingerprint density at radius 2 is 2.14 bits per heavy atom. The van der Waals surface area contributed by atoms with Crippen molar-refractivity contribution in [2.75, 3.05) is 20.3 Å². The molecular formula is C23H34N2O2S. The lowest BCUT2D eigenvalue weighted by molar-refractivity contribution is -0.143. The van der Waals surface area contributed by atoms with Crippen molar-refractivity contribution in [1.82, 2.24) is 5.32 Å². The lowest BCUT2D eigenvalue weighted by Crippen LogP contribution is -2.55. The fraction of sp³-hybridized carbons (Fsp3) is 0.696. The molecule has 5 heteroatoms. The van der Waals surface area contributed by atoms with Crippen molar-refractivity contribution >= 4 is 17.6 Å².